The van der Waals surface area contributed by atoms with Crippen molar-refractivity contribution in [3.63, 3.8) is 0 Å². The highest BCUT2D eigenvalue weighted by Gasteiger charge is 2.20. The van der Waals surface area contributed by atoms with Crippen LogP contribution < -0.4 is 16.0 Å². The summed E-state index contributed by atoms with van der Waals surface area (Å²) in [4.78, 5) is 20.9. The van der Waals surface area contributed by atoms with Crippen LogP contribution in [0.3, 0.4) is 0 Å². The molecular weight excluding hydrogens is 338 g/mol. The van der Waals surface area contributed by atoms with Crippen molar-refractivity contribution >= 4 is 23.2 Å². The first kappa shape index (κ1) is 18.8. The first-order chi connectivity index (χ1) is 13.1. The minimum absolute atomic E-state index is 0.134. The molecule has 0 aliphatic carbocycles. The monoisotopic (exact) mass is 365 g/mol. The third kappa shape index (κ3) is 5.48. The molecule has 0 spiro atoms. The molecule has 1 saturated heterocycles. The number of nitrogens with one attached hydrogen (secondary N) is 1. The van der Waals surface area contributed by atoms with Gasteiger partial charge in [-0.3, -0.25) is 9.79 Å². The van der Waals surface area contributed by atoms with Gasteiger partial charge in [0.1, 0.15) is 0 Å². The molecule has 1 amide bonds. The van der Waals surface area contributed by atoms with Gasteiger partial charge < -0.3 is 20.9 Å². The van der Waals surface area contributed by atoms with E-state index in [1.807, 2.05) is 54.3 Å². The summed E-state index contributed by atoms with van der Waals surface area (Å²) in [5.41, 5.74) is 9.18. The number of anilines is 2. The number of hydrogen-bond donors (Lipinski definition) is 2. The Balaban J connectivity index is 1.42. The molecule has 142 valence electrons. The zero-order valence-electron chi connectivity index (χ0n) is 15.8. The molecular formula is C21H27N5O. The minimum Gasteiger partial charge on any atom is -0.370 e. The van der Waals surface area contributed by atoms with E-state index < -0.39 is 0 Å². The normalized spacial score (nSPS) is 14.9. The van der Waals surface area contributed by atoms with Gasteiger partial charge in [0.05, 0.1) is 6.54 Å². The molecule has 1 fully saturated rings. The Bertz CT molecular complexity index is 782. The number of piperazine rings is 1. The predicted molar refractivity (Wildman–Crippen MR) is 111 cm³/mol. The number of aliphatic imine (C=N–C) groups is 1. The van der Waals surface area contributed by atoms with E-state index >= 15 is 0 Å². The topological polar surface area (TPSA) is 74.0 Å². The average molecular weight is 365 g/mol. The predicted octanol–water partition coefficient (Wildman–Crippen LogP) is 2.46. The zero-order valence-corrected chi connectivity index (χ0v) is 15.8. The first-order valence-electron chi connectivity index (χ1n) is 9.33. The summed E-state index contributed by atoms with van der Waals surface area (Å²) in [5.74, 6) is 0.470. The summed E-state index contributed by atoms with van der Waals surface area (Å²) >= 11 is 0. The number of amides is 1. The molecule has 0 unspecified atom stereocenters. The molecule has 27 heavy (non-hydrogen) atoms. The van der Waals surface area contributed by atoms with E-state index in [-0.39, 0.29) is 5.91 Å². The fourth-order valence-corrected chi connectivity index (χ4v) is 3.19. The molecule has 1 aliphatic rings. The number of rotatable bonds is 5. The number of carbonyl (C=O) groups is 1. The van der Waals surface area contributed by atoms with Crippen LogP contribution in [-0.2, 0) is 4.79 Å². The second-order valence-corrected chi connectivity index (χ2v) is 6.71. The molecule has 0 atom stereocenters. The number of guanidine groups is 1. The zero-order chi connectivity index (χ0) is 19.1. The number of nitrogens with two attached hydrogens (primary N) is 1. The van der Waals surface area contributed by atoms with Crippen LogP contribution in [0.4, 0.5) is 11.4 Å². The molecule has 3 rings (SSSR count). The average Bonchev–Trinajstić information content (AvgIpc) is 2.69. The molecule has 2 aromatic carbocycles. The number of hydrogen-bond acceptors (Lipinski definition) is 3. The van der Waals surface area contributed by atoms with Crippen LogP contribution in [0, 0.1) is 6.92 Å². The number of aryl methyl sites for hydroxylation is 1. The maximum Gasteiger partial charge on any atom is 0.224 e. The second kappa shape index (κ2) is 9.07. The van der Waals surface area contributed by atoms with Crippen molar-refractivity contribution in [1.82, 2.24) is 4.90 Å². The Hall–Kier alpha value is -3.02. The maximum atomic E-state index is 12.4. The molecule has 0 aromatic heterocycles. The molecule has 0 saturated carbocycles. The van der Waals surface area contributed by atoms with E-state index in [2.05, 4.69) is 27.3 Å². The van der Waals surface area contributed by atoms with Crippen LogP contribution in [0.2, 0.25) is 0 Å². The van der Waals surface area contributed by atoms with Gasteiger partial charge in [0.2, 0.25) is 5.91 Å². The van der Waals surface area contributed by atoms with Crippen molar-refractivity contribution in [2.75, 3.05) is 42.9 Å². The molecule has 2 aromatic rings. The van der Waals surface area contributed by atoms with Crippen molar-refractivity contribution in [1.29, 1.82) is 0 Å². The van der Waals surface area contributed by atoms with E-state index in [9.17, 15) is 4.79 Å². The quantitative estimate of drug-likeness (QED) is 0.631. The Morgan fingerprint density at radius 3 is 2.52 bits per heavy atom. The van der Waals surface area contributed by atoms with Crippen LogP contribution in [-0.4, -0.2) is 49.5 Å². The van der Waals surface area contributed by atoms with Crippen LogP contribution in [0.25, 0.3) is 0 Å². The lowest BCUT2D eigenvalue weighted by molar-refractivity contribution is -0.131. The van der Waals surface area contributed by atoms with Crippen molar-refractivity contribution in [3.8, 4) is 0 Å². The summed E-state index contributed by atoms with van der Waals surface area (Å²) in [6, 6.07) is 18.2. The lowest BCUT2D eigenvalue weighted by Crippen LogP contribution is -2.48. The Labute approximate surface area is 160 Å². The fourth-order valence-electron chi connectivity index (χ4n) is 3.19. The third-order valence-electron chi connectivity index (χ3n) is 4.65. The molecule has 3 N–H and O–H groups in total. The molecule has 0 radical (unpaired) electrons. The third-order valence-corrected chi connectivity index (χ3v) is 4.65. The second-order valence-electron chi connectivity index (χ2n) is 6.71. The summed E-state index contributed by atoms with van der Waals surface area (Å²) in [7, 11) is 0. The number of carbonyl (C=O) groups excluding carboxylic acids is 1. The van der Waals surface area contributed by atoms with Crippen LogP contribution in [0.5, 0.6) is 0 Å². The molecule has 1 aliphatic heterocycles. The van der Waals surface area contributed by atoms with Gasteiger partial charge in [-0.15, -0.1) is 0 Å². The number of para-hydroxylation sites is 1. The Morgan fingerprint density at radius 2 is 1.81 bits per heavy atom. The Morgan fingerprint density at radius 1 is 1.07 bits per heavy atom. The summed E-state index contributed by atoms with van der Waals surface area (Å²) < 4.78 is 0. The Kier molecular flexibility index (Phi) is 6.30. The lowest BCUT2D eigenvalue weighted by Gasteiger charge is -2.36. The molecule has 0 bridgehead atoms. The highest BCUT2D eigenvalue weighted by atomic mass is 16.2. The van der Waals surface area contributed by atoms with E-state index in [4.69, 9.17) is 5.73 Å². The standard InChI is InChI=1S/C21H27N5O/c1-17-6-5-7-18(16-17)24-21(22)23-11-10-20(27)26-14-12-25(13-15-26)19-8-3-2-4-9-19/h2-9,16H,10-15H2,1H3,(H3,22,23,24). The van der Waals surface area contributed by atoms with E-state index in [1.54, 1.807) is 0 Å². The number of nitrogens with zero attached hydrogens (tertiary/aromatic N) is 3. The van der Waals surface area contributed by atoms with Gasteiger partial charge in [0, 0.05) is 44.0 Å². The van der Waals surface area contributed by atoms with Crippen molar-refractivity contribution < 1.29 is 4.79 Å². The van der Waals surface area contributed by atoms with E-state index in [1.165, 1.54) is 5.69 Å². The largest absolute Gasteiger partial charge is 0.370 e. The molecule has 1 heterocycles. The van der Waals surface area contributed by atoms with Crippen molar-refractivity contribution in [2.24, 2.45) is 10.7 Å². The van der Waals surface area contributed by atoms with Gasteiger partial charge in [0.15, 0.2) is 5.96 Å². The van der Waals surface area contributed by atoms with Gasteiger partial charge in [-0.25, -0.2) is 0 Å². The highest BCUT2D eigenvalue weighted by Crippen LogP contribution is 2.16. The van der Waals surface area contributed by atoms with Crippen LogP contribution in [0.15, 0.2) is 59.6 Å². The van der Waals surface area contributed by atoms with Crippen molar-refractivity contribution in [3.05, 3.63) is 60.2 Å². The summed E-state index contributed by atoms with van der Waals surface area (Å²) in [6.07, 6.45) is 0.377. The first-order valence-corrected chi connectivity index (χ1v) is 9.33. The summed E-state index contributed by atoms with van der Waals surface area (Å²) in [6.45, 7) is 5.62. The van der Waals surface area contributed by atoms with E-state index in [0.29, 0.717) is 18.9 Å². The SMILES string of the molecule is Cc1cccc(NC(N)=NCCC(=O)N2CCN(c3ccccc3)CC2)c1. The maximum absolute atomic E-state index is 12.4. The smallest absolute Gasteiger partial charge is 0.224 e. The van der Waals surface area contributed by atoms with Crippen molar-refractivity contribution in [2.45, 2.75) is 13.3 Å². The fraction of sp³-hybridized carbons (Fsp3) is 0.333. The van der Waals surface area contributed by atoms with Gasteiger partial charge >= 0.3 is 0 Å². The molecule has 6 nitrogen and oxygen atoms in total. The van der Waals surface area contributed by atoms with Gasteiger partial charge in [0.25, 0.3) is 0 Å². The van der Waals surface area contributed by atoms with Gasteiger partial charge in [-0.1, -0.05) is 30.3 Å². The summed E-state index contributed by atoms with van der Waals surface area (Å²) in [5, 5.41) is 3.06. The molecule has 6 heteroatoms. The number of benzene rings is 2. The highest BCUT2D eigenvalue weighted by molar-refractivity contribution is 5.92. The minimum atomic E-state index is 0.134. The van der Waals surface area contributed by atoms with Crippen LogP contribution >= 0.6 is 0 Å². The lowest BCUT2D eigenvalue weighted by atomic mass is 10.2. The van der Waals surface area contributed by atoms with E-state index in [0.717, 1.165) is 37.4 Å². The van der Waals surface area contributed by atoms with Gasteiger partial charge in [-0.05, 0) is 36.8 Å². The van der Waals surface area contributed by atoms with Gasteiger partial charge in [-0.2, -0.15) is 0 Å². The van der Waals surface area contributed by atoms with Crippen LogP contribution in [0.1, 0.15) is 12.0 Å².